The number of ether oxygens (including phenoxy) is 2. The number of methoxy groups -OCH3 is 1. The Labute approximate surface area is 178 Å². The fourth-order valence-corrected chi connectivity index (χ4v) is 3.21. The standard InChI is InChI=1S/C24H20FN3O3/c1-15-10-19(7-9-22(15)31-13-16-4-3-5-18(25)11-16)28-23-20-12-17(24(29)30-2)6-8-21(20)26-14-27-23/h3-12,14H,13H2,1-2H3,(H,26,27,28). The zero-order chi connectivity index (χ0) is 21.8. The third-order valence-corrected chi connectivity index (χ3v) is 4.78. The molecule has 31 heavy (non-hydrogen) atoms. The van der Waals surface area contributed by atoms with Crippen molar-refractivity contribution in [1.82, 2.24) is 9.97 Å². The van der Waals surface area contributed by atoms with Gasteiger partial charge in [-0.05, 0) is 66.6 Å². The smallest absolute Gasteiger partial charge is 0.337 e. The molecule has 0 atom stereocenters. The van der Waals surface area contributed by atoms with Gasteiger partial charge in [0.2, 0.25) is 0 Å². The Balaban J connectivity index is 1.55. The summed E-state index contributed by atoms with van der Waals surface area (Å²) in [6.45, 7) is 2.21. The van der Waals surface area contributed by atoms with E-state index in [0.29, 0.717) is 28.0 Å². The molecule has 1 aromatic heterocycles. The second-order valence-electron chi connectivity index (χ2n) is 6.97. The van der Waals surface area contributed by atoms with Crippen LogP contribution in [0.25, 0.3) is 10.9 Å². The van der Waals surface area contributed by atoms with Crippen molar-refractivity contribution in [3.05, 3.63) is 89.5 Å². The highest BCUT2D eigenvalue weighted by atomic mass is 19.1. The van der Waals surface area contributed by atoms with Crippen LogP contribution >= 0.6 is 0 Å². The quantitative estimate of drug-likeness (QED) is 0.436. The highest BCUT2D eigenvalue weighted by Crippen LogP contribution is 2.28. The SMILES string of the molecule is COC(=O)c1ccc2ncnc(Nc3ccc(OCc4cccc(F)c4)c(C)c3)c2c1. The van der Waals surface area contributed by atoms with Gasteiger partial charge in [-0.1, -0.05) is 12.1 Å². The van der Waals surface area contributed by atoms with E-state index >= 15 is 0 Å². The van der Waals surface area contributed by atoms with Gasteiger partial charge in [-0.25, -0.2) is 19.2 Å². The van der Waals surface area contributed by atoms with Gasteiger partial charge in [0.15, 0.2) is 0 Å². The average Bonchev–Trinajstić information content (AvgIpc) is 2.78. The molecule has 0 aliphatic heterocycles. The van der Waals surface area contributed by atoms with E-state index < -0.39 is 5.97 Å². The Morgan fingerprint density at radius 3 is 2.71 bits per heavy atom. The maximum atomic E-state index is 13.3. The molecule has 0 fully saturated rings. The molecule has 0 amide bonds. The van der Waals surface area contributed by atoms with Gasteiger partial charge in [-0.15, -0.1) is 0 Å². The van der Waals surface area contributed by atoms with Crippen molar-refractivity contribution < 1.29 is 18.7 Å². The number of aromatic nitrogens is 2. The first-order valence-electron chi connectivity index (χ1n) is 9.61. The molecule has 4 rings (SSSR count). The van der Waals surface area contributed by atoms with Gasteiger partial charge in [0.25, 0.3) is 0 Å². The molecule has 0 radical (unpaired) electrons. The number of carbonyl (C=O) groups excluding carboxylic acids is 1. The number of nitrogens with zero attached hydrogens (tertiary/aromatic N) is 2. The number of hydrogen-bond donors (Lipinski definition) is 1. The molecular weight excluding hydrogens is 397 g/mol. The third kappa shape index (κ3) is 4.61. The van der Waals surface area contributed by atoms with Gasteiger partial charge >= 0.3 is 5.97 Å². The maximum Gasteiger partial charge on any atom is 0.337 e. The highest BCUT2D eigenvalue weighted by molar-refractivity contribution is 5.98. The number of hydrogen-bond acceptors (Lipinski definition) is 6. The van der Waals surface area contributed by atoms with Crippen LogP contribution in [0.4, 0.5) is 15.9 Å². The van der Waals surface area contributed by atoms with Crippen LogP contribution in [0.3, 0.4) is 0 Å². The van der Waals surface area contributed by atoms with Crippen LogP contribution in [-0.2, 0) is 11.3 Å². The van der Waals surface area contributed by atoms with Gasteiger partial charge in [-0.2, -0.15) is 0 Å². The summed E-state index contributed by atoms with van der Waals surface area (Å²) in [7, 11) is 1.34. The number of benzene rings is 3. The van der Waals surface area contributed by atoms with Gasteiger partial charge in [0.1, 0.15) is 30.3 Å². The number of carbonyl (C=O) groups is 1. The molecule has 1 N–H and O–H groups in total. The average molecular weight is 417 g/mol. The lowest BCUT2D eigenvalue weighted by molar-refractivity contribution is 0.0601. The van der Waals surface area contributed by atoms with Crippen molar-refractivity contribution >= 4 is 28.4 Å². The molecule has 0 saturated carbocycles. The summed E-state index contributed by atoms with van der Waals surface area (Å²) in [5.41, 5.74) is 3.60. The van der Waals surface area contributed by atoms with E-state index in [1.54, 1.807) is 24.3 Å². The van der Waals surface area contributed by atoms with E-state index in [1.165, 1.54) is 25.6 Å². The zero-order valence-electron chi connectivity index (χ0n) is 17.1. The van der Waals surface area contributed by atoms with Crippen LogP contribution < -0.4 is 10.1 Å². The van der Waals surface area contributed by atoms with Crippen molar-refractivity contribution in [3.8, 4) is 5.75 Å². The lowest BCUT2D eigenvalue weighted by Gasteiger charge is -2.13. The zero-order valence-corrected chi connectivity index (χ0v) is 17.1. The first-order valence-corrected chi connectivity index (χ1v) is 9.61. The molecule has 0 saturated heterocycles. The molecule has 3 aromatic carbocycles. The number of fused-ring (bicyclic) bond motifs is 1. The summed E-state index contributed by atoms with van der Waals surface area (Å²) in [5.74, 6) is 0.566. The summed E-state index contributed by atoms with van der Waals surface area (Å²) in [5, 5.41) is 3.98. The van der Waals surface area contributed by atoms with Crippen LogP contribution in [0.5, 0.6) is 5.75 Å². The van der Waals surface area contributed by atoms with E-state index in [2.05, 4.69) is 15.3 Å². The predicted molar refractivity (Wildman–Crippen MR) is 116 cm³/mol. The number of anilines is 2. The van der Waals surface area contributed by atoms with Crippen molar-refractivity contribution in [1.29, 1.82) is 0 Å². The van der Waals surface area contributed by atoms with Crippen molar-refractivity contribution in [2.75, 3.05) is 12.4 Å². The number of aryl methyl sites for hydroxylation is 1. The Kier molecular flexibility index (Phi) is 5.75. The Morgan fingerprint density at radius 1 is 1.06 bits per heavy atom. The summed E-state index contributed by atoms with van der Waals surface area (Å²) in [6, 6.07) is 17.1. The van der Waals surface area contributed by atoms with E-state index in [1.807, 2.05) is 31.2 Å². The van der Waals surface area contributed by atoms with Gasteiger partial charge < -0.3 is 14.8 Å². The molecule has 6 nitrogen and oxygen atoms in total. The van der Waals surface area contributed by atoms with Crippen LogP contribution in [0.2, 0.25) is 0 Å². The molecule has 0 unspecified atom stereocenters. The van der Waals surface area contributed by atoms with Crippen LogP contribution in [-0.4, -0.2) is 23.0 Å². The summed E-state index contributed by atoms with van der Waals surface area (Å²) in [4.78, 5) is 20.4. The van der Waals surface area contributed by atoms with Crippen LogP contribution in [0, 0.1) is 12.7 Å². The lowest BCUT2D eigenvalue weighted by atomic mass is 10.1. The van der Waals surface area contributed by atoms with Crippen LogP contribution in [0.1, 0.15) is 21.5 Å². The van der Waals surface area contributed by atoms with Crippen molar-refractivity contribution in [3.63, 3.8) is 0 Å². The summed E-state index contributed by atoms with van der Waals surface area (Å²) in [6.07, 6.45) is 1.46. The second kappa shape index (κ2) is 8.79. The monoisotopic (exact) mass is 417 g/mol. The first-order chi connectivity index (χ1) is 15.0. The minimum Gasteiger partial charge on any atom is -0.489 e. The Hall–Kier alpha value is -4.00. The van der Waals surface area contributed by atoms with E-state index in [9.17, 15) is 9.18 Å². The number of nitrogens with one attached hydrogen (secondary N) is 1. The van der Waals surface area contributed by atoms with Gasteiger partial charge in [-0.3, -0.25) is 0 Å². The number of esters is 1. The van der Waals surface area contributed by atoms with Crippen molar-refractivity contribution in [2.45, 2.75) is 13.5 Å². The van der Waals surface area contributed by atoms with Crippen LogP contribution in [0.15, 0.2) is 67.0 Å². The third-order valence-electron chi connectivity index (χ3n) is 4.78. The summed E-state index contributed by atoms with van der Waals surface area (Å²) >= 11 is 0. The normalized spacial score (nSPS) is 10.7. The van der Waals surface area contributed by atoms with E-state index in [0.717, 1.165) is 16.8 Å². The molecule has 0 aliphatic rings. The summed E-state index contributed by atoms with van der Waals surface area (Å²) < 4.78 is 24.0. The van der Waals surface area contributed by atoms with E-state index in [4.69, 9.17) is 9.47 Å². The fourth-order valence-electron chi connectivity index (χ4n) is 3.21. The first kappa shape index (κ1) is 20.3. The van der Waals surface area contributed by atoms with Crippen molar-refractivity contribution in [2.24, 2.45) is 0 Å². The molecule has 0 aliphatic carbocycles. The molecule has 156 valence electrons. The minimum absolute atomic E-state index is 0.276. The predicted octanol–water partition coefficient (Wildman–Crippen LogP) is 5.19. The Bertz CT molecular complexity index is 1260. The lowest BCUT2D eigenvalue weighted by Crippen LogP contribution is -2.02. The molecular formula is C24H20FN3O3. The molecule has 0 bridgehead atoms. The number of halogens is 1. The van der Waals surface area contributed by atoms with Gasteiger partial charge in [0.05, 0.1) is 18.2 Å². The van der Waals surface area contributed by atoms with E-state index in [-0.39, 0.29) is 12.4 Å². The second-order valence-corrected chi connectivity index (χ2v) is 6.97. The minimum atomic E-state index is -0.424. The molecule has 0 spiro atoms. The highest BCUT2D eigenvalue weighted by Gasteiger charge is 2.11. The molecule has 1 heterocycles. The topological polar surface area (TPSA) is 73.3 Å². The molecule has 4 aromatic rings. The molecule has 7 heteroatoms. The Morgan fingerprint density at radius 2 is 1.94 bits per heavy atom. The fraction of sp³-hybridized carbons (Fsp3) is 0.125. The maximum absolute atomic E-state index is 13.3. The van der Waals surface area contributed by atoms with Gasteiger partial charge in [0, 0.05) is 11.1 Å². The largest absolute Gasteiger partial charge is 0.489 e. The number of rotatable bonds is 6.